The molecule has 0 atom stereocenters. The number of carbonyl (C=O) groups excluding carboxylic acids is 1. The summed E-state index contributed by atoms with van der Waals surface area (Å²) >= 11 is 0. The largest absolute Gasteiger partial charge is 0.351 e. The smallest absolute Gasteiger partial charge is 0.316 e. The fourth-order valence-corrected chi connectivity index (χ4v) is 3.36. The zero-order valence-corrected chi connectivity index (χ0v) is 13.1. The first kappa shape index (κ1) is 15.8. The highest BCUT2D eigenvalue weighted by Gasteiger charge is 2.16. The topological polar surface area (TPSA) is 101 Å². The third-order valence-corrected chi connectivity index (χ3v) is 4.57. The number of rotatable bonds is 4. The molecule has 7 heteroatoms. The van der Waals surface area contributed by atoms with E-state index in [4.69, 9.17) is 5.73 Å². The number of primary amides is 1. The lowest BCUT2D eigenvalue weighted by molar-refractivity contribution is 0.259. The summed E-state index contributed by atoms with van der Waals surface area (Å²) in [6, 6.07) is 10.7. The van der Waals surface area contributed by atoms with Gasteiger partial charge in [-0.1, -0.05) is 17.7 Å². The highest BCUT2D eigenvalue weighted by atomic mass is 32.2. The Morgan fingerprint density at radius 2 is 1.59 bits per heavy atom. The highest BCUT2D eigenvalue weighted by molar-refractivity contribution is 7.92. The van der Waals surface area contributed by atoms with E-state index in [-0.39, 0.29) is 4.90 Å². The number of amides is 2. The number of urea groups is 1. The molecular formula is C15H17N3O3S. The van der Waals surface area contributed by atoms with Crippen LogP contribution in [0.2, 0.25) is 0 Å². The van der Waals surface area contributed by atoms with Gasteiger partial charge >= 0.3 is 6.03 Å². The van der Waals surface area contributed by atoms with Crippen molar-refractivity contribution in [1.29, 1.82) is 0 Å². The molecule has 116 valence electrons. The van der Waals surface area contributed by atoms with Crippen molar-refractivity contribution in [2.75, 3.05) is 10.0 Å². The maximum absolute atomic E-state index is 12.4. The van der Waals surface area contributed by atoms with Gasteiger partial charge in [0.15, 0.2) is 0 Å². The summed E-state index contributed by atoms with van der Waals surface area (Å²) in [4.78, 5) is 11.0. The molecule has 0 heterocycles. The maximum atomic E-state index is 12.4. The van der Waals surface area contributed by atoms with Gasteiger partial charge in [-0.2, -0.15) is 0 Å². The molecule has 4 N–H and O–H groups in total. The first-order valence-electron chi connectivity index (χ1n) is 6.54. The lowest BCUT2D eigenvalue weighted by Gasteiger charge is -2.11. The fourth-order valence-electron chi connectivity index (χ4n) is 2.07. The van der Waals surface area contributed by atoms with Gasteiger partial charge in [-0.25, -0.2) is 13.2 Å². The fraction of sp³-hybridized carbons (Fsp3) is 0.133. The Bertz CT molecular complexity index is 799. The van der Waals surface area contributed by atoms with Crippen LogP contribution in [0.3, 0.4) is 0 Å². The lowest BCUT2D eigenvalue weighted by atomic mass is 10.2. The molecule has 2 rings (SSSR count). The van der Waals surface area contributed by atoms with Gasteiger partial charge in [-0.15, -0.1) is 0 Å². The summed E-state index contributed by atoms with van der Waals surface area (Å²) in [6.07, 6.45) is 0. The van der Waals surface area contributed by atoms with Crippen molar-refractivity contribution in [2.45, 2.75) is 18.7 Å². The minimum absolute atomic E-state index is 0.234. The molecule has 0 spiro atoms. The van der Waals surface area contributed by atoms with Gasteiger partial charge in [-0.05, 0) is 49.7 Å². The van der Waals surface area contributed by atoms with Crippen molar-refractivity contribution in [3.05, 3.63) is 53.6 Å². The van der Waals surface area contributed by atoms with Crippen LogP contribution < -0.4 is 15.8 Å². The number of sulfonamides is 1. The van der Waals surface area contributed by atoms with Crippen molar-refractivity contribution in [1.82, 2.24) is 0 Å². The number of nitrogens with one attached hydrogen (secondary N) is 2. The van der Waals surface area contributed by atoms with Crippen molar-refractivity contribution in [2.24, 2.45) is 5.73 Å². The molecule has 0 saturated carbocycles. The van der Waals surface area contributed by atoms with Crippen LogP contribution in [0.15, 0.2) is 47.4 Å². The molecule has 0 aliphatic rings. The van der Waals surface area contributed by atoms with Gasteiger partial charge in [0.2, 0.25) is 0 Å². The number of carbonyl (C=O) groups is 1. The summed E-state index contributed by atoms with van der Waals surface area (Å²) in [5.41, 5.74) is 7.57. The van der Waals surface area contributed by atoms with E-state index in [9.17, 15) is 13.2 Å². The highest BCUT2D eigenvalue weighted by Crippen LogP contribution is 2.21. The number of aryl methyl sites for hydroxylation is 2. The number of anilines is 2. The summed E-state index contributed by atoms with van der Waals surface area (Å²) < 4.78 is 27.3. The zero-order valence-electron chi connectivity index (χ0n) is 12.3. The third kappa shape index (κ3) is 3.76. The average Bonchev–Trinajstić information content (AvgIpc) is 2.39. The molecule has 0 radical (unpaired) electrons. The summed E-state index contributed by atoms with van der Waals surface area (Å²) in [5, 5.41) is 2.40. The van der Waals surface area contributed by atoms with Gasteiger partial charge in [0.1, 0.15) is 0 Å². The standard InChI is InChI=1S/C15H17N3O3S/c1-10-3-8-14(11(2)9-10)22(20,21)18-13-6-4-12(5-7-13)17-15(16)19/h3-9,18H,1-2H3,(H3,16,17,19). The quantitative estimate of drug-likeness (QED) is 0.807. The molecule has 22 heavy (non-hydrogen) atoms. The molecule has 0 unspecified atom stereocenters. The van der Waals surface area contributed by atoms with E-state index in [0.29, 0.717) is 16.9 Å². The van der Waals surface area contributed by atoms with Gasteiger partial charge in [0, 0.05) is 11.4 Å². The summed E-state index contributed by atoms with van der Waals surface area (Å²) in [5.74, 6) is 0. The monoisotopic (exact) mass is 319 g/mol. The molecule has 0 saturated heterocycles. The Labute approximate surface area is 129 Å². The molecule has 2 amide bonds. The van der Waals surface area contributed by atoms with E-state index >= 15 is 0 Å². The van der Waals surface area contributed by atoms with E-state index in [1.165, 1.54) is 0 Å². The molecule has 6 nitrogen and oxygen atoms in total. The van der Waals surface area contributed by atoms with E-state index < -0.39 is 16.1 Å². The first-order valence-corrected chi connectivity index (χ1v) is 8.03. The number of benzene rings is 2. The molecule has 0 aromatic heterocycles. The Morgan fingerprint density at radius 1 is 1.00 bits per heavy atom. The Morgan fingerprint density at radius 3 is 2.14 bits per heavy atom. The van der Waals surface area contributed by atoms with Gasteiger partial charge in [0.25, 0.3) is 10.0 Å². The SMILES string of the molecule is Cc1ccc(S(=O)(=O)Nc2ccc(NC(N)=O)cc2)c(C)c1. The molecular weight excluding hydrogens is 302 g/mol. The summed E-state index contributed by atoms with van der Waals surface area (Å²) in [6.45, 7) is 3.66. The molecule has 0 bridgehead atoms. The van der Waals surface area contributed by atoms with Crippen LogP contribution in [0.5, 0.6) is 0 Å². The Kier molecular flexibility index (Phi) is 4.37. The zero-order chi connectivity index (χ0) is 16.3. The molecule has 0 aliphatic carbocycles. The van der Waals surface area contributed by atoms with Gasteiger partial charge in [0.05, 0.1) is 4.90 Å². The van der Waals surface area contributed by atoms with E-state index in [2.05, 4.69) is 10.0 Å². The number of hydrogen-bond acceptors (Lipinski definition) is 3. The first-order chi connectivity index (χ1) is 10.3. The minimum Gasteiger partial charge on any atom is -0.351 e. The van der Waals surface area contributed by atoms with Crippen LogP contribution in [0.4, 0.5) is 16.2 Å². The van der Waals surface area contributed by atoms with Crippen LogP contribution in [0.25, 0.3) is 0 Å². The van der Waals surface area contributed by atoms with Crippen LogP contribution in [-0.4, -0.2) is 14.4 Å². The van der Waals surface area contributed by atoms with Crippen molar-refractivity contribution in [3.63, 3.8) is 0 Å². The predicted molar refractivity (Wildman–Crippen MR) is 86.4 cm³/mol. The second kappa shape index (κ2) is 6.07. The van der Waals surface area contributed by atoms with Gasteiger partial charge in [-0.3, -0.25) is 4.72 Å². The van der Waals surface area contributed by atoms with Crippen LogP contribution in [-0.2, 0) is 10.0 Å². The molecule has 2 aromatic carbocycles. The molecule has 0 fully saturated rings. The van der Waals surface area contributed by atoms with Crippen molar-refractivity contribution >= 4 is 27.4 Å². The van der Waals surface area contributed by atoms with Crippen LogP contribution in [0.1, 0.15) is 11.1 Å². The predicted octanol–water partition coefficient (Wildman–Crippen LogP) is 2.59. The van der Waals surface area contributed by atoms with E-state index in [0.717, 1.165) is 5.56 Å². The van der Waals surface area contributed by atoms with E-state index in [1.54, 1.807) is 43.3 Å². The third-order valence-electron chi connectivity index (χ3n) is 3.02. The average molecular weight is 319 g/mol. The number of hydrogen-bond donors (Lipinski definition) is 3. The minimum atomic E-state index is -3.66. The van der Waals surface area contributed by atoms with Crippen LogP contribution in [0, 0.1) is 13.8 Å². The lowest BCUT2D eigenvalue weighted by Crippen LogP contribution is -2.19. The van der Waals surface area contributed by atoms with Crippen molar-refractivity contribution < 1.29 is 13.2 Å². The molecule has 2 aromatic rings. The van der Waals surface area contributed by atoms with Crippen molar-refractivity contribution in [3.8, 4) is 0 Å². The van der Waals surface area contributed by atoms with E-state index in [1.807, 2.05) is 13.0 Å². The maximum Gasteiger partial charge on any atom is 0.316 e. The molecule has 0 aliphatic heterocycles. The summed E-state index contributed by atoms with van der Waals surface area (Å²) in [7, 11) is -3.66. The Hall–Kier alpha value is -2.54. The number of nitrogens with two attached hydrogens (primary N) is 1. The second-order valence-electron chi connectivity index (χ2n) is 4.94. The second-order valence-corrected chi connectivity index (χ2v) is 6.59. The normalized spacial score (nSPS) is 11.0. The van der Waals surface area contributed by atoms with Crippen LogP contribution >= 0.6 is 0 Å². The Balaban J connectivity index is 2.23. The van der Waals surface area contributed by atoms with Gasteiger partial charge < -0.3 is 11.1 Å².